The first-order chi connectivity index (χ1) is 9.02. The average Bonchev–Trinajstić information content (AvgIpc) is 3.29. The number of sulfonamides is 1. The van der Waals surface area contributed by atoms with Crippen LogP contribution < -0.4 is 10.0 Å². The Bertz CT molecular complexity index is 421. The zero-order chi connectivity index (χ0) is 13.5. The summed E-state index contributed by atoms with van der Waals surface area (Å²) in [6.07, 6.45) is 9.68. The van der Waals surface area contributed by atoms with Crippen LogP contribution in [0.3, 0.4) is 0 Å². The van der Waals surface area contributed by atoms with Crippen LogP contribution in [0.15, 0.2) is 0 Å². The molecule has 0 aromatic carbocycles. The van der Waals surface area contributed by atoms with Crippen molar-refractivity contribution >= 4 is 10.0 Å². The van der Waals surface area contributed by atoms with Crippen LogP contribution in [0.25, 0.3) is 0 Å². The van der Waals surface area contributed by atoms with Gasteiger partial charge >= 0.3 is 0 Å². The lowest BCUT2D eigenvalue weighted by Gasteiger charge is -2.28. The molecule has 3 aliphatic rings. The largest absolute Gasteiger partial charge is 0.307 e. The van der Waals surface area contributed by atoms with Crippen molar-refractivity contribution in [3.8, 4) is 0 Å². The van der Waals surface area contributed by atoms with Crippen LogP contribution in [0.5, 0.6) is 0 Å². The molecule has 3 fully saturated rings. The Morgan fingerprint density at radius 3 is 2.32 bits per heavy atom. The summed E-state index contributed by atoms with van der Waals surface area (Å²) < 4.78 is 26.4. The minimum Gasteiger partial charge on any atom is -0.307 e. The molecular formula is C14H26N2O2S. The summed E-state index contributed by atoms with van der Waals surface area (Å²) in [5.74, 6) is 0.829. The summed E-state index contributed by atoms with van der Waals surface area (Å²) in [4.78, 5) is 0. The second-order valence-electron chi connectivity index (χ2n) is 6.78. The maximum Gasteiger partial charge on any atom is 0.214 e. The van der Waals surface area contributed by atoms with Gasteiger partial charge in [-0.25, -0.2) is 13.1 Å². The lowest BCUT2D eigenvalue weighted by molar-refractivity contribution is 0.308. The van der Waals surface area contributed by atoms with Crippen molar-refractivity contribution in [1.82, 2.24) is 10.0 Å². The van der Waals surface area contributed by atoms with Crippen LogP contribution in [-0.4, -0.2) is 31.8 Å². The summed E-state index contributed by atoms with van der Waals surface area (Å²) in [5, 5.41) is 3.61. The van der Waals surface area contributed by atoms with E-state index < -0.39 is 10.0 Å². The molecule has 3 saturated carbocycles. The number of rotatable bonds is 7. The molecule has 0 aromatic rings. The monoisotopic (exact) mass is 286 g/mol. The van der Waals surface area contributed by atoms with Gasteiger partial charge in [0, 0.05) is 18.1 Å². The number of nitrogens with one attached hydrogen (secondary N) is 2. The lowest BCUT2D eigenvalue weighted by atomic mass is 9.95. The fraction of sp³-hybridized carbons (Fsp3) is 1.00. The maximum absolute atomic E-state index is 11.8. The highest BCUT2D eigenvalue weighted by atomic mass is 32.2. The minimum absolute atomic E-state index is 0.107. The summed E-state index contributed by atoms with van der Waals surface area (Å²) in [6, 6.07) is 0.233. The molecule has 19 heavy (non-hydrogen) atoms. The van der Waals surface area contributed by atoms with E-state index >= 15 is 0 Å². The standard InChI is InChI=1S/C14H26N2O2S/c1-11(10-15-19(17,18)13-6-7-13)16-14(8-9-14)12-4-2-3-5-12/h11-13,15-16H,2-10H2,1H3. The van der Waals surface area contributed by atoms with Crippen LogP contribution in [0.2, 0.25) is 0 Å². The second kappa shape index (κ2) is 5.01. The third-order valence-electron chi connectivity index (χ3n) is 5.01. The predicted octanol–water partition coefficient (Wildman–Crippen LogP) is 1.77. The van der Waals surface area contributed by atoms with E-state index in [0.29, 0.717) is 12.1 Å². The highest BCUT2D eigenvalue weighted by Crippen LogP contribution is 2.49. The van der Waals surface area contributed by atoms with E-state index in [0.717, 1.165) is 18.8 Å². The molecule has 5 heteroatoms. The summed E-state index contributed by atoms with van der Waals surface area (Å²) in [7, 11) is -3.03. The Morgan fingerprint density at radius 2 is 1.79 bits per heavy atom. The quantitative estimate of drug-likeness (QED) is 0.750. The van der Waals surface area contributed by atoms with Gasteiger partial charge in [-0.2, -0.15) is 0 Å². The first kappa shape index (κ1) is 13.8. The smallest absolute Gasteiger partial charge is 0.214 e. The van der Waals surface area contributed by atoms with Gasteiger partial charge in [0.1, 0.15) is 0 Å². The summed E-state index contributed by atoms with van der Waals surface area (Å²) in [6.45, 7) is 2.64. The Kier molecular flexibility index (Phi) is 3.65. The van der Waals surface area contributed by atoms with E-state index in [-0.39, 0.29) is 11.3 Å². The summed E-state index contributed by atoms with van der Waals surface area (Å²) >= 11 is 0. The third-order valence-corrected chi connectivity index (χ3v) is 6.93. The van der Waals surface area contributed by atoms with Gasteiger partial charge in [-0.1, -0.05) is 12.8 Å². The molecule has 2 N–H and O–H groups in total. The Labute approximate surface area is 116 Å². The zero-order valence-corrected chi connectivity index (χ0v) is 12.6. The number of hydrogen-bond acceptors (Lipinski definition) is 3. The molecule has 3 aliphatic carbocycles. The molecule has 0 amide bonds. The lowest BCUT2D eigenvalue weighted by Crippen LogP contribution is -2.48. The van der Waals surface area contributed by atoms with Crippen molar-refractivity contribution in [3.63, 3.8) is 0 Å². The molecule has 0 radical (unpaired) electrons. The van der Waals surface area contributed by atoms with Gasteiger partial charge in [-0.15, -0.1) is 0 Å². The van der Waals surface area contributed by atoms with Gasteiger partial charge < -0.3 is 5.32 Å². The van der Waals surface area contributed by atoms with Crippen LogP contribution in [0.1, 0.15) is 58.3 Å². The molecule has 0 saturated heterocycles. The molecule has 110 valence electrons. The molecule has 0 spiro atoms. The molecule has 0 aliphatic heterocycles. The van der Waals surface area contributed by atoms with Crippen molar-refractivity contribution in [2.75, 3.05) is 6.54 Å². The third kappa shape index (κ3) is 3.14. The fourth-order valence-electron chi connectivity index (χ4n) is 3.56. The Balaban J connectivity index is 1.47. The van der Waals surface area contributed by atoms with E-state index in [1.54, 1.807) is 0 Å². The molecule has 0 aromatic heterocycles. The highest BCUT2D eigenvalue weighted by molar-refractivity contribution is 7.90. The Hall–Kier alpha value is -0.130. The predicted molar refractivity (Wildman–Crippen MR) is 76.5 cm³/mol. The molecule has 1 unspecified atom stereocenters. The first-order valence-corrected chi connectivity index (χ1v) is 9.33. The number of hydrogen-bond donors (Lipinski definition) is 2. The average molecular weight is 286 g/mol. The first-order valence-electron chi connectivity index (χ1n) is 7.78. The highest BCUT2D eigenvalue weighted by Gasteiger charge is 2.50. The van der Waals surface area contributed by atoms with E-state index in [9.17, 15) is 8.42 Å². The van der Waals surface area contributed by atoms with Crippen molar-refractivity contribution in [2.24, 2.45) is 5.92 Å². The minimum atomic E-state index is -3.03. The molecule has 3 rings (SSSR count). The van der Waals surface area contributed by atoms with Crippen molar-refractivity contribution in [3.05, 3.63) is 0 Å². The van der Waals surface area contributed by atoms with Crippen molar-refractivity contribution in [2.45, 2.75) is 75.1 Å². The van der Waals surface area contributed by atoms with E-state index in [2.05, 4.69) is 17.0 Å². The van der Waals surface area contributed by atoms with Crippen LogP contribution in [-0.2, 0) is 10.0 Å². The topological polar surface area (TPSA) is 58.2 Å². The molecule has 1 atom stereocenters. The normalized spacial score (nSPS) is 28.5. The van der Waals surface area contributed by atoms with Crippen LogP contribution in [0.4, 0.5) is 0 Å². The SMILES string of the molecule is CC(CNS(=O)(=O)C1CC1)NC1(C2CCCC2)CC1. The van der Waals surface area contributed by atoms with Crippen LogP contribution >= 0.6 is 0 Å². The van der Waals surface area contributed by atoms with Crippen LogP contribution in [0, 0.1) is 5.92 Å². The molecular weight excluding hydrogens is 260 g/mol. The van der Waals surface area contributed by atoms with E-state index in [1.165, 1.54) is 38.5 Å². The van der Waals surface area contributed by atoms with E-state index in [4.69, 9.17) is 0 Å². The molecule has 0 heterocycles. The van der Waals surface area contributed by atoms with Gasteiger partial charge in [0.05, 0.1) is 5.25 Å². The van der Waals surface area contributed by atoms with Gasteiger partial charge in [-0.05, 0) is 51.4 Å². The van der Waals surface area contributed by atoms with Gasteiger partial charge in [0.2, 0.25) is 10.0 Å². The molecule has 0 bridgehead atoms. The zero-order valence-electron chi connectivity index (χ0n) is 11.8. The molecule has 4 nitrogen and oxygen atoms in total. The van der Waals surface area contributed by atoms with Crippen molar-refractivity contribution in [1.29, 1.82) is 0 Å². The van der Waals surface area contributed by atoms with Gasteiger partial charge in [0.15, 0.2) is 0 Å². The maximum atomic E-state index is 11.8. The Morgan fingerprint density at radius 1 is 1.16 bits per heavy atom. The second-order valence-corrected chi connectivity index (χ2v) is 8.82. The fourth-order valence-corrected chi connectivity index (χ4v) is 5.04. The van der Waals surface area contributed by atoms with Gasteiger partial charge in [-0.3, -0.25) is 0 Å². The van der Waals surface area contributed by atoms with E-state index in [1.807, 2.05) is 0 Å². The van der Waals surface area contributed by atoms with Gasteiger partial charge in [0.25, 0.3) is 0 Å². The van der Waals surface area contributed by atoms with Crippen molar-refractivity contribution < 1.29 is 8.42 Å². The summed E-state index contributed by atoms with van der Waals surface area (Å²) in [5.41, 5.74) is 0.348.